The van der Waals surface area contributed by atoms with E-state index in [2.05, 4.69) is 23.7 Å². The number of rotatable bonds is 12. The minimum absolute atomic E-state index is 0.0757. The molecule has 0 aliphatic heterocycles. The average molecular weight is 392 g/mol. The Kier molecular flexibility index (Phi) is 9.28. The van der Waals surface area contributed by atoms with Crippen LogP contribution in [0.4, 0.5) is 0 Å². The van der Waals surface area contributed by atoms with Gasteiger partial charge in [0.25, 0.3) is 5.91 Å². The van der Waals surface area contributed by atoms with Crippen molar-refractivity contribution in [2.45, 2.75) is 38.0 Å². The van der Waals surface area contributed by atoms with E-state index in [1.807, 2.05) is 23.6 Å². The monoisotopic (exact) mass is 391 g/mol. The summed E-state index contributed by atoms with van der Waals surface area (Å²) in [6.45, 7) is 2.00. The molecule has 1 atom stereocenters. The number of Topliss-reactive ketones (excluding diaryl/α,β-unsaturated/α-hetero) is 1. The van der Waals surface area contributed by atoms with Gasteiger partial charge in [0.2, 0.25) is 0 Å². The Morgan fingerprint density at radius 2 is 2.04 bits per heavy atom. The topological polar surface area (TPSA) is 55.4 Å². The van der Waals surface area contributed by atoms with E-state index in [1.165, 1.54) is 5.56 Å². The molecule has 0 aliphatic rings. The minimum atomic E-state index is -0.434. The molecule has 1 N–H and O–H groups in total. The number of ether oxygens (including phenoxy) is 1. The Balaban J connectivity index is 1.78. The number of carbonyl (C=O) groups is 2. The summed E-state index contributed by atoms with van der Waals surface area (Å²) in [6.07, 6.45) is 2.57. The molecule has 4 nitrogen and oxygen atoms in total. The molecule has 2 aromatic rings. The second-order valence-corrected chi connectivity index (χ2v) is 7.72. The van der Waals surface area contributed by atoms with E-state index in [1.54, 1.807) is 35.2 Å². The van der Waals surface area contributed by atoms with E-state index in [9.17, 15) is 9.59 Å². The largest absolute Gasteiger partial charge is 0.484 e. The summed E-state index contributed by atoms with van der Waals surface area (Å²) in [5.74, 6) is 1.69. The van der Waals surface area contributed by atoms with Crippen molar-refractivity contribution in [2.75, 3.05) is 12.4 Å². The molecular formula is C20H25NO3S2. The summed E-state index contributed by atoms with van der Waals surface area (Å²) < 4.78 is 5.46. The zero-order chi connectivity index (χ0) is 18.6. The fourth-order valence-electron chi connectivity index (χ4n) is 2.37. The Morgan fingerprint density at radius 1 is 1.23 bits per heavy atom. The zero-order valence-electron chi connectivity index (χ0n) is 15.0. The first kappa shape index (κ1) is 20.5. The van der Waals surface area contributed by atoms with Crippen LogP contribution in [0.5, 0.6) is 5.75 Å². The quantitative estimate of drug-likeness (QED) is 0.586. The van der Waals surface area contributed by atoms with Crippen molar-refractivity contribution in [2.24, 2.45) is 0 Å². The van der Waals surface area contributed by atoms with Gasteiger partial charge in [0, 0.05) is 5.75 Å². The lowest BCUT2D eigenvalue weighted by Crippen LogP contribution is -2.43. The van der Waals surface area contributed by atoms with Crippen molar-refractivity contribution in [3.05, 3.63) is 52.7 Å². The van der Waals surface area contributed by atoms with E-state index < -0.39 is 6.04 Å². The van der Waals surface area contributed by atoms with Crippen LogP contribution in [0.2, 0.25) is 0 Å². The number of amides is 1. The maximum Gasteiger partial charge on any atom is 0.258 e. The van der Waals surface area contributed by atoms with Gasteiger partial charge in [-0.15, -0.1) is 11.8 Å². The number of hydrogen-bond acceptors (Lipinski definition) is 5. The summed E-state index contributed by atoms with van der Waals surface area (Å²) >= 11 is 3.25. The van der Waals surface area contributed by atoms with Gasteiger partial charge in [0.1, 0.15) is 5.75 Å². The third-order valence-corrected chi connectivity index (χ3v) is 5.53. The molecule has 0 fully saturated rings. The standard InChI is InChI=1S/C20H25NO3S2/c1-2-3-9-18(19(22)15-26-14-16-10-11-25-13-16)21-20(23)12-24-17-7-5-4-6-8-17/h4-8,10-11,13,18H,2-3,9,12,14-15H2,1H3,(H,21,23)/t18-/m0/s1. The summed E-state index contributed by atoms with van der Waals surface area (Å²) in [5.41, 5.74) is 1.23. The van der Waals surface area contributed by atoms with Crippen LogP contribution in [0.25, 0.3) is 0 Å². The minimum Gasteiger partial charge on any atom is -0.484 e. The molecule has 0 bridgehead atoms. The lowest BCUT2D eigenvalue weighted by atomic mass is 10.1. The van der Waals surface area contributed by atoms with Gasteiger partial charge in [-0.1, -0.05) is 38.0 Å². The normalized spacial score (nSPS) is 11.7. The fraction of sp³-hybridized carbons (Fsp3) is 0.400. The van der Waals surface area contributed by atoms with Crippen molar-refractivity contribution >= 4 is 34.8 Å². The molecule has 1 heterocycles. The van der Waals surface area contributed by atoms with E-state index in [-0.39, 0.29) is 18.3 Å². The van der Waals surface area contributed by atoms with Crippen LogP contribution in [0.15, 0.2) is 47.2 Å². The first-order valence-electron chi connectivity index (χ1n) is 8.77. The van der Waals surface area contributed by atoms with Gasteiger partial charge in [0.05, 0.1) is 11.8 Å². The Labute approximate surface area is 163 Å². The fourth-order valence-corrected chi connectivity index (χ4v) is 4.06. The summed E-state index contributed by atoms with van der Waals surface area (Å²) in [5, 5.41) is 6.97. The Bertz CT molecular complexity index is 659. The van der Waals surface area contributed by atoms with Crippen LogP contribution in [-0.4, -0.2) is 30.1 Å². The van der Waals surface area contributed by atoms with Gasteiger partial charge < -0.3 is 10.1 Å². The molecule has 0 radical (unpaired) electrons. The molecule has 0 aliphatic carbocycles. The van der Waals surface area contributed by atoms with Crippen molar-refractivity contribution in [3.63, 3.8) is 0 Å². The smallest absolute Gasteiger partial charge is 0.258 e. The van der Waals surface area contributed by atoms with Crippen molar-refractivity contribution in [1.82, 2.24) is 5.32 Å². The highest BCUT2D eigenvalue weighted by Crippen LogP contribution is 2.16. The van der Waals surface area contributed by atoms with Crippen molar-refractivity contribution in [3.8, 4) is 5.75 Å². The number of hydrogen-bond donors (Lipinski definition) is 1. The number of unbranched alkanes of at least 4 members (excludes halogenated alkanes) is 1. The first-order valence-corrected chi connectivity index (χ1v) is 10.9. The zero-order valence-corrected chi connectivity index (χ0v) is 16.6. The third-order valence-electron chi connectivity index (χ3n) is 3.78. The maximum absolute atomic E-state index is 12.5. The number of nitrogens with one attached hydrogen (secondary N) is 1. The average Bonchev–Trinajstić information content (AvgIpc) is 3.17. The molecule has 0 spiro atoms. The molecule has 6 heteroatoms. The molecule has 0 saturated heterocycles. The number of carbonyl (C=O) groups excluding carboxylic acids is 2. The van der Waals surface area contributed by atoms with Gasteiger partial charge in [-0.3, -0.25) is 9.59 Å². The third kappa shape index (κ3) is 7.62. The molecule has 0 saturated carbocycles. The number of ketones is 1. The Hall–Kier alpha value is -1.79. The SMILES string of the molecule is CCCC[C@H](NC(=O)COc1ccccc1)C(=O)CSCc1ccsc1. The van der Waals surface area contributed by atoms with E-state index >= 15 is 0 Å². The number of benzene rings is 1. The van der Waals surface area contributed by atoms with E-state index in [0.717, 1.165) is 18.6 Å². The lowest BCUT2D eigenvalue weighted by Gasteiger charge is -2.17. The molecule has 1 aromatic carbocycles. The first-order chi connectivity index (χ1) is 12.7. The predicted molar refractivity (Wildman–Crippen MR) is 109 cm³/mol. The van der Waals surface area contributed by atoms with Gasteiger partial charge >= 0.3 is 0 Å². The van der Waals surface area contributed by atoms with Gasteiger partial charge in [-0.05, 0) is 40.9 Å². The highest BCUT2D eigenvalue weighted by atomic mass is 32.2. The van der Waals surface area contributed by atoms with Gasteiger partial charge in [0.15, 0.2) is 12.4 Å². The molecule has 140 valence electrons. The van der Waals surface area contributed by atoms with Crippen LogP contribution in [-0.2, 0) is 15.3 Å². The van der Waals surface area contributed by atoms with Gasteiger partial charge in [-0.25, -0.2) is 0 Å². The van der Waals surface area contributed by atoms with E-state index in [0.29, 0.717) is 17.9 Å². The second kappa shape index (κ2) is 11.8. The second-order valence-electron chi connectivity index (χ2n) is 5.95. The highest BCUT2D eigenvalue weighted by molar-refractivity contribution is 7.99. The molecule has 26 heavy (non-hydrogen) atoms. The Morgan fingerprint density at radius 3 is 2.73 bits per heavy atom. The number of thiophene rings is 1. The van der Waals surface area contributed by atoms with Crippen LogP contribution >= 0.6 is 23.1 Å². The number of thioether (sulfide) groups is 1. The van der Waals surface area contributed by atoms with Crippen molar-refractivity contribution < 1.29 is 14.3 Å². The van der Waals surface area contributed by atoms with Crippen LogP contribution in [0.3, 0.4) is 0 Å². The van der Waals surface area contributed by atoms with Crippen LogP contribution in [0.1, 0.15) is 31.7 Å². The number of para-hydroxylation sites is 1. The van der Waals surface area contributed by atoms with Crippen molar-refractivity contribution in [1.29, 1.82) is 0 Å². The predicted octanol–water partition coefficient (Wildman–Crippen LogP) is 4.30. The molecular weight excluding hydrogens is 366 g/mol. The van der Waals surface area contributed by atoms with Gasteiger partial charge in [-0.2, -0.15) is 11.3 Å². The molecule has 0 unspecified atom stereocenters. The lowest BCUT2D eigenvalue weighted by molar-refractivity contribution is -0.128. The molecule has 2 rings (SSSR count). The summed E-state index contributed by atoms with van der Waals surface area (Å²) in [7, 11) is 0. The highest BCUT2D eigenvalue weighted by Gasteiger charge is 2.20. The summed E-state index contributed by atoms with van der Waals surface area (Å²) in [4.78, 5) is 24.7. The van der Waals surface area contributed by atoms with Crippen LogP contribution < -0.4 is 10.1 Å². The van der Waals surface area contributed by atoms with Crippen LogP contribution in [0, 0.1) is 0 Å². The molecule has 1 amide bonds. The maximum atomic E-state index is 12.5. The van der Waals surface area contributed by atoms with E-state index in [4.69, 9.17) is 4.74 Å². The molecule has 1 aromatic heterocycles. The summed E-state index contributed by atoms with van der Waals surface area (Å²) in [6, 6.07) is 10.8.